The van der Waals surface area contributed by atoms with Crippen LogP contribution < -0.4 is 4.72 Å². The quantitative estimate of drug-likeness (QED) is 0.875. The Balaban J connectivity index is 1.78. The van der Waals surface area contributed by atoms with E-state index >= 15 is 0 Å². The molecular formula is C15H16BrNO2S2. The van der Waals surface area contributed by atoms with Crippen molar-refractivity contribution in [3.63, 3.8) is 0 Å². The Bertz CT molecular complexity index is 748. The Kier molecular flexibility index (Phi) is 4.23. The molecule has 2 aromatic rings. The summed E-state index contributed by atoms with van der Waals surface area (Å²) in [6.07, 6.45) is 2.54. The van der Waals surface area contributed by atoms with Crippen LogP contribution in [-0.4, -0.2) is 14.5 Å². The summed E-state index contributed by atoms with van der Waals surface area (Å²) in [5, 5.41) is 0. The number of rotatable bonds is 3. The molecule has 1 aliphatic rings. The monoisotopic (exact) mass is 385 g/mol. The van der Waals surface area contributed by atoms with Crippen LogP contribution in [0.4, 0.5) is 0 Å². The molecule has 6 heteroatoms. The van der Waals surface area contributed by atoms with Gasteiger partial charge in [0.2, 0.25) is 10.0 Å². The highest BCUT2D eigenvalue weighted by Crippen LogP contribution is 2.31. The predicted molar refractivity (Wildman–Crippen MR) is 89.3 cm³/mol. The molecule has 1 atom stereocenters. The highest BCUT2D eigenvalue weighted by molar-refractivity contribution is 9.11. The third-order valence-corrected chi connectivity index (χ3v) is 7.90. The maximum atomic E-state index is 12.5. The van der Waals surface area contributed by atoms with Crippen molar-refractivity contribution in [1.29, 1.82) is 0 Å². The summed E-state index contributed by atoms with van der Waals surface area (Å²) in [5.74, 6) is 0. The number of nitrogens with one attached hydrogen (secondary N) is 1. The largest absolute Gasteiger partial charge is 0.250 e. The van der Waals surface area contributed by atoms with Crippen molar-refractivity contribution in [2.24, 2.45) is 0 Å². The first-order valence-electron chi connectivity index (χ1n) is 6.81. The highest BCUT2D eigenvalue weighted by Gasteiger charge is 2.25. The Hall–Kier alpha value is -0.690. The van der Waals surface area contributed by atoms with Crippen LogP contribution in [0.1, 0.15) is 23.1 Å². The fourth-order valence-electron chi connectivity index (χ4n) is 2.64. The van der Waals surface area contributed by atoms with Crippen LogP contribution in [0.5, 0.6) is 0 Å². The number of hydrogen-bond donors (Lipinski definition) is 1. The van der Waals surface area contributed by atoms with Crippen LogP contribution in [0.2, 0.25) is 0 Å². The minimum Gasteiger partial charge on any atom is -0.207 e. The van der Waals surface area contributed by atoms with Crippen LogP contribution in [0, 0.1) is 6.92 Å². The number of sulfonamides is 1. The molecule has 0 fully saturated rings. The second kappa shape index (κ2) is 5.83. The molecule has 0 aliphatic heterocycles. The molecule has 3 rings (SSSR count). The molecule has 1 unspecified atom stereocenters. The molecule has 112 valence electrons. The summed E-state index contributed by atoms with van der Waals surface area (Å²) in [7, 11) is -3.43. The fourth-order valence-corrected chi connectivity index (χ4v) is 6.15. The Morgan fingerprint density at radius 3 is 2.67 bits per heavy atom. The topological polar surface area (TPSA) is 46.2 Å². The first kappa shape index (κ1) is 15.2. The van der Waals surface area contributed by atoms with Gasteiger partial charge in [0.15, 0.2) is 0 Å². The second-order valence-electron chi connectivity index (χ2n) is 5.35. The van der Waals surface area contributed by atoms with E-state index in [4.69, 9.17) is 0 Å². The number of aryl methyl sites for hydroxylation is 2. The van der Waals surface area contributed by atoms with Crippen LogP contribution in [-0.2, 0) is 22.9 Å². The average molecular weight is 386 g/mol. The van der Waals surface area contributed by atoms with E-state index in [0.29, 0.717) is 4.21 Å². The van der Waals surface area contributed by atoms with Crippen LogP contribution in [0.15, 0.2) is 38.3 Å². The zero-order valence-corrected chi connectivity index (χ0v) is 14.8. The van der Waals surface area contributed by atoms with E-state index in [2.05, 4.69) is 32.8 Å². The van der Waals surface area contributed by atoms with Crippen molar-refractivity contribution in [1.82, 2.24) is 4.72 Å². The van der Waals surface area contributed by atoms with Crippen molar-refractivity contribution in [3.8, 4) is 0 Å². The van der Waals surface area contributed by atoms with Crippen molar-refractivity contribution < 1.29 is 8.42 Å². The molecule has 1 aliphatic carbocycles. The van der Waals surface area contributed by atoms with Gasteiger partial charge in [-0.3, -0.25) is 0 Å². The predicted octanol–water partition coefficient (Wildman–Crippen LogP) is 3.65. The van der Waals surface area contributed by atoms with E-state index in [9.17, 15) is 8.42 Å². The smallest absolute Gasteiger partial charge is 0.207 e. The van der Waals surface area contributed by atoms with Gasteiger partial charge in [-0.05, 0) is 64.9 Å². The SMILES string of the molecule is Cc1cc(S(=O)(=O)NC2CCc3ccccc3C2)sc1Br. The lowest BCUT2D eigenvalue weighted by atomic mass is 9.89. The van der Waals surface area contributed by atoms with Gasteiger partial charge in [-0.2, -0.15) is 0 Å². The number of hydrogen-bond acceptors (Lipinski definition) is 3. The van der Waals surface area contributed by atoms with Gasteiger partial charge in [-0.15, -0.1) is 11.3 Å². The van der Waals surface area contributed by atoms with Gasteiger partial charge in [-0.25, -0.2) is 13.1 Å². The number of thiophene rings is 1. The van der Waals surface area contributed by atoms with Gasteiger partial charge in [0.05, 0.1) is 3.79 Å². The number of benzene rings is 1. The summed E-state index contributed by atoms with van der Waals surface area (Å²) in [4.78, 5) is 0. The lowest BCUT2D eigenvalue weighted by Crippen LogP contribution is -2.38. The van der Waals surface area contributed by atoms with E-state index in [-0.39, 0.29) is 6.04 Å². The normalized spacial score (nSPS) is 18.5. The van der Waals surface area contributed by atoms with Gasteiger partial charge in [0.25, 0.3) is 0 Å². The van der Waals surface area contributed by atoms with Crippen molar-refractivity contribution >= 4 is 37.3 Å². The molecule has 0 saturated carbocycles. The molecule has 0 radical (unpaired) electrons. The standard InChI is InChI=1S/C15H16BrNO2S2/c1-10-8-14(20-15(10)16)21(18,19)17-13-7-6-11-4-2-3-5-12(11)9-13/h2-5,8,13,17H,6-7,9H2,1H3. The molecule has 0 saturated heterocycles. The minimum absolute atomic E-state index is 0.0221. The molecule has 0 amide bonds. The Morgan fingerprint density at radius 1 is 1.29 bits per heavy atom. The van der Waals surface area contributed by atoms with Gasteiger partial charge < -0.3 is 0 Å². The van der Waals surface area contributed by atoms with E-state index in [1.807, 2.05) is 19.1 Å². The lowest BCUT2D eigenvalue weighted by molar-refractivity contribution is 0.508. The molecule has 3 nitrogen and oxygen atoms in total. The Morgan fingerprint density at radius 2 is 2.00 bits per heavy atom. The average Bonchev–Trinajstić information content (AvgIpc) is 2.79. The molecule has 0 bridgehead atoms. The van der Waals surface area contributed by atoms with Gasteiger partial charge in [0.1, 0.15) is 4.21 Å². The first-order valence-corrected chi connectivity index (χ1v) is 9.90. The van der Waals surface area contributed by atoms with Crippen LogP contribution in [0.25, 0.3) is 0 Å². The van der Waals surface area contributed by atoms with E-state index in [1.54, 1.807) is 6.07 Å². The van der Waals surface area contributed by atoms with Gasteiger partial charge in [0, 0.05) is 6.04 Å². The summed E-state index contributed by atoms with van der Waals surface area (Å²) in [6, 6.07) is 9.95. The molecular weight excluding hydrogens is 370 g/mol. The molecule has 21 heavy (non-hydrogen) atoms. The third-order valence-electron chi connectivity index (χ3n) is 3.77. The molecule has 1 aromatic carbocycles. The maximum Gasteiger partial charge on any atom is 0.250 e. The van der Waals surface area contributed by atoms with Crippen molar-refractivity contribution in [2.75, 3.05) is 0 Å². The summed E-state index contributed by atoms with van der Waals surface area (Å²) < 4.78 is 29.0. The van der Waals surface area contributed by atoms with E-state index in [1.165, 1.54) is 22.5 Å². The Labute approximate surface area is 137 Å². The van der Waals surface area contributed by atoms with E-state index in [0.717, 1.165) is 28.6 Å². The highest BCUT2D eigenvalue weighted by atomic mass is 79.9. The summed E-state index contributed by atoms with van der Waals surface area (Å²) in [6.45, 7) is 1.90. The number of fused-ring (bicyclic) bond motifs is 1. The molecule has 1 aromatic heterocycles. The van der Waals surface area contributed by atoms with Gasteiger partial charge >= 0.3 is 0 Å². The van der Waals surface area contributed by atoms with E-state index < -0.39 is 10.0 Å². The van der Waals surface area contributed by atoms with Crippen molar-refractivity contribution in [3.05, 3.63) is 50.8 Å². The summed E-state index contributed by atoms with van der Waals surface area (Å²) >= 11 is 4.64. The molecule has 1 N–H and O–H groups in total. The van der Waals surface area contributed by atoms with Crippen LogP contribution in [0.3, 0.4) is 0 Å². The summed E-state index contributed by atoms with van der Waals surface area (Å²) in [5.41, 5.74) is 3.54. The fraction of sp³-hybridized carbons (Fsp3) is 0.333. The van der Waals surface area contributed by atoms with Crippen molar-refractivity contribution in [2.45, 2.75) is 36.4 Å². The lowest BCUT2D eigenvalue weighted by Gasteiger charge is -2.25. The minimum atomic E-state index is -3.43. The zero-order valence-electron chi connectivity index (χ0n) is 11.6. The third kappa shape index (κ3) is 3.23. The first-order chi connectivity index (χ1) is 9.95. The van der Waals surface area contributed by atoms with Crippen LogP contribution >= 0.6 is 27.3 Å². The molecule has 1 heterocycles. The molecule has 0 spiro atoms. The second-order valence-corrected chi connectivity index (χ2v) is 9.66. The van der Waals surface area contributed by atoms with Gasteiger partial charge in [-0.1, -0.05) is 24.3 Å². The number of halogens is 1. The maximum absolute atomic E-state index is 12.5. The zero-order chi connectivity index (χ0) is 15.0.